The number of rotatable bonds is 4. The number of nitrogens with zero attached hydrogens (tertiary/aromatic N) is 1. The highest BCUT2D eigenvalue weighted by atomic mass is 32.1. The first-order valence-corrected chi connectivity index (χ1v) is 7.97. The van der Waals surface area contributed by atoms with Crippen LogP contribution in [-0.4, -0.2) is 4.98 Å². The molecule has 0 saturated carbocycles. The van der Waals surface area contributed by atoms with Gasteiger partial charge in [0, 0.05) is 21.8 Å². The van der Waals surface area contributed by atoms with Crippen molar-refractivity contribution in [2.75, 3.05) is 5.32 Å². The molecule has 4 rings (SSSR count). The van der Waals surface area contributed by atoms with Gasteiger partial charge >= 0.3 is 0 Å². The van der Waals surface area contributed by atoms with E-state index in [-0.39, 0.29) is 0 Å². The van der Waals surface area contributed by atoms with Crippen LogP contribution in [0.4, 0.5) is 5.82 Å². The zero-order valence-electron chi connectivity index (χ0n) is 11.8. The smallest absolute Gasteiger partial charge is 0.135 e. The molecule has 3 aromatic heterocycles. The monoisotopic (exact) mass is 306 g/mol. The van der Waals surface area contributed by atoms with Crippen molar-refractivity contribution < 1.29 is 4.42 Å². The van der Waals surface area contributed by atoms with Crippen molar-refractivity contribution in [1.82, 2.24) is 4.98 Å². The Morgan fingerprint density at radius 1 is 1.05 bits per heavy atom. The van der Waals surface area contributed by atoms with Crippen LogP contribution in [0.1, 0.15) is 5.76 Å². The summed E-state index contributed by atoms with van der Waals surface area (Å²) in [6.07, 6.45) is 3.53. The van der Waals surface area contributed by atoms with Crippen molar-refractivity contribution in [2.24, 2.45) is 0 Å². The number of hydrogen-bond acceptors (Lipinski definition) is 4. The predicted octanol–water partition coefficient (Wildman–Crippen LogP) is 5.17. The molecule has 0 spiro atoms. The maximum atomic E-state index is 5.38. The fraction of sp³-hybridized carbons (Fsp3) is 0.0556. The van der Waals surface area contributed by atoms with Crippen LogP contribution in [0.5, 0.6) is 0 Å². The average Bonchev–Trinajstić information content (AvgIpc) is 3.23. The fourth-order valence-corrected chi connectivity index (χ4v) is 3.49. The zero-order chi connectivity index (χ0) is 14.8. The number of thiophene rings is 1. The maximum Gasteiger partial charge on any atom is 0.135 e. The van der Waals surface area contributed by atoms with E-state index in [0.717, 1.165) is 11.6 Å². The van der Waals surface area contributed by atoms with E-state index >= 15 is 0 Å². The molecule has 0 fully saturated rings. The summed E-state index contributed by atoms with van der Waals surface area (Å²) < 4.78 is 6.61. The second-order valence-corrected chi connectivity index (χ2v) is 5.89. The van der Waals surface area contributed by atoms with E-state index in [1.54, 1.807) is 17.6 Å². The van der Waals surface area contributed by atoms with E-state index in [1.165, 1.54) is 21.2 Å². The Labute approximate surface area is 132 Å². The van der Waals surface area contributed by atoms with Gasteiger partial charge in [0.25, 0.3) is 0 Å². The lowest BCUT2D eigenvalue weighted by atomic mass is 10.1. The van der Waals surface area contributed by atoms with Gasteiger partial charge in [-0.25, -0.2) is 4.98 Å². The number of fused-ring (bicyclic) bond motifs is 1. The molecular weight excluding hydrogens is 292 g/mol. The van der Waals surface area contributed by atoms with E-state index in [0.29, 0.717) is 6.54 Å². The Morgan fingerprint density at radius 3 is 2.77 bits per heavy atom. The van der Waals surface area contributed by atoms with Crippen LogP contribution in [0.2, 0.25) is 0 Å². The molecule has 0 unspecified atom stereocenters. The number of pyridine rings is 1. The SMILES string of the molecule is c1ccc(-c2csc3ccnc(NCc4ccco4)c23)cc1. The van der Waals surface area contributed by atoms with Crippen LogP contribution in [0.3, 0.4) is 0 Å². The molecule has 0 aliphatic rings. The third-order valence-corrected chi connectivity index (χ3v) is 4.53. The molecule has 22 heavy (non-hydrogen) atoms. The Kier molecular flexibility index (Phi) is 3.37. The van der Waals surface area contributed by atoms with Gasteiger partial charge in [0.15, 0.2) is 0 Å². The molecule has 0 atom stereocenters. The average molecular weight is 306 g/mol. The number of furan rings is 1. The third-order valence-electron chi connectivity index (χ3n) is 3.58. The molecule has 1 N–H and O–H groups in total. The lowest BCUT2D eigenvalue weighted by molar-refractivity contribution is 0.518. The summed E-state index contributed by atoms with van der Waals surface area (Å²) in [6.45, 7) is 0.628. The summed E-state index contributed by atoms with van der Waals surface area (Å²) >= 11 is 1.74. The van der Waals surface area contributed by atoms with Crippen molar-refractivity contribution in [3.05, 3.63) is 72.1 Å². The second-order valence-electron chi connectivity index (χ2n) is 4.98. The van der Waals surface area contributed by atoms with Gasteiger partial charge in [-0.3, -0.25) is 0 Å². The van der Waals surface area contributed by atoms with Crippen LogP contribution in [0, 0.1) is 0 Å². The minimum absolute atomic E-state index is 0.628. The summed E-state index contributed by atoms with van der Waals surface area (Å²) in [5.74, 6) is 1.80. The van der Waals surface area contributed by atoms with Gasteiger partial charge in [0.2, 0.25) is 0 Å². The van der Waals surface area contributed by atoms with Crippen LogP contribution in [0.15, 0.2) is 70.8 Å². The van der Waals surface area contributed by atoms with Gasteiger partial charge in [-0.2, -0.15) is 0 Å². The Balaban J connectivity index is 1.76. The quantitative estimate of drug-likeness (QED) is 0.565. The van der Waals surface area contributed by atoms with E-state index in [9.17, 15) is 0 Å². The Morgan fingerprint density at radius 2 is 1.95 bits per heavy atom. The van der Waals surface area contributed by atoms with Crippen molar-refractivity contribution in [3.63, 3.8) is 0 Å². The number of aromatic nitrogens is 1. The van der Waals surface area contributed by atoms with Crippen molar-refractivity contribution >= 4 is 27.2 Å². The van der Waals surface area contributed by atoms with Crippen LogP contribution >= 0.6 is 11.3 Å². The van der Waals surface area contributed by atoms with Gasteiger partial charge in [-0.05, 0) is 29.1 Å². The van der Waals surface area contributed by atoms with Gasteiger partial charge in [0.1, 0.15) is 11.6 Å². The van der Waals surface area contributed by atoms with Crippen molar-refractivity contribution in [2.45, 2.75) is 6.54 Å². The number of benzene rings is 1. The lowest BCUT2D eigenvalue weighted by Gasteiger charge is -2.07. The molecular formula is C18H14N2OS. The molecule has 0 bridgehead atoms. The second kappa shape index (κ2) is 5.66. The van der Waals surface area contributed by atoms with E-state index < -0.39 is 0 Å². The number of hydrogen-bond donors (Lipinski definition) is 1. The summed E-state index contributed by atoms with van der Waals surface area (Å²) in [6, 6.07) is 16.3. The minimum atomic E-state index is 0.628. The van der Waals surface area contributed by atoms with Crippen molar-refractivity contribution in [3.8, 4) is 11.1 Å². The standard InChI is InChI=1S/C18H14N2OS/c1-2-5-13(6-3-1)15-12-22-16-8-9-19-18(17(15)16)20-11-14-7-4-10-21-14/h1-10,12H,11H2,(H,19,20). The van der Waals surface area contributed by atoms with Gasteiger partial charge in [0.05, 0.1) is 12.8 Å². The Hall–Kier alpha value is -2.59. The molecule has 0 aliphatic carbocycles. The van der Waals surface area contributed by atoms with Gasteiger partial charge in [-0.15, -0.1) is 11.3 Å². The highest BCUT2D eigenvalue weighted by Gasteiger charge is 2.11. The molecule has 0 amide bonds. The first kappa shape index (κ1) is 13.1. The molecule has 0 radical (unpaired) electrons. The molecule has 1 aromatic carbocycles. The molecule has 3 heterocycles. The molecule has 4 heteroatoms. The van der Waals surface area contributed by atoms with Crippen molar-refractivity contribution in [1.29, 1.82) is 0 Å². The van der Waals surface area contributed by atoms with Crippen LogP contribution in [0.25, 0.3) is 21.2 Å². The third kappa shape index (κ3) is 2.38. The molecule has 4 aromatic rings. The van der Waals surface area contributed by atoms with E-state index in [2.05, 4.69) is 46.0 Å². The molecule has 0 saturated heterocycles. The Bertz CT molecular complexity index is 882. The molecule has 3 nitrogen and oxygen atoms in total. The first-order valence-electron chi connectivity index (χ1n) is 7.10. The zero-order valence-corrected chi connectivity index (χ0v) is 12.6. The topological polar surface area (TPSA) is 38.1 Å². The largest absolute Gasteiger partial charge is 0.467 e. The molecule has 0 aliphatic heterocycles. The van der Waals surface area contributed by atoms with Gasteiger partial charge < -0.3 is 9.73 Å². The summed E-state index contributed by atoms with van der Waals surface area (Å²) in [7, 11) is 0. The predicted molar refractivity (Wildman–Crippen MR) is 91.1 cm³/mol. The van der Waals surface area contributed by atoms with E-state index in [4.69, 9.17) is 4.42 Å². The summed E-state index contributed by atoms with van der Waals surface area (Å²) in [4.78, 5) is 4.52. The fourth-order valence-electron chi connectivity index (χ4n) is 2.53. The highest BCUT2D eigenvalue weighted by molar-refractivity contribution is 7.17. The van der Waals surface area contributed by atoms with Gasteiger partial charge in [-0.1, -0.05) is 30.3 Å². The molecule has 108 valence electrons. The highest BCUT2D eigenvalue weighted by Crippen LogP contribution is 2.37. The van der Waals surface area contributed by atoms with Crippen LogP contribution < -0.4 is 5.32 Å². The lowest BCUT2D eigenvalue weighted by Crippen LogP contribution is -2.00. The maximum absolute atomic E-state index is 5.38. The summed E-state index contributed by atoms with van der Waals surface area (Å²) in [5.41, 5.74) is 2.43. The van der Waals surface area contributed by atoms with Crippen LogP contribution in [-0.2, 0) is 6.54 Å². The number of nitrogens with one attached hydrogen (secondary N) is 1. The van der Waals surface area contributed by atoms with E-state index in [1.807, 2.05) is 24.4 Å². The minimum Gasteiger partial charge on any atom is -0.467 e. The normalized spacial score (nSPS) is 10.9. The first-order chi connectivity index (χ1) is 10.9. The number of anilines is 1. The summed E-state index contributed by atoms with van der Waals surface area (Å²) in [5, 5.41) is 6.75.